The molecule has 2 aliphatic rings. The summed E-state index contributed by atoms with van der Waals surface area (Å²) in [6.07, 6.45) is 6.52. The molecule has 0 spiro atoms. The third-order valence-electron chi connectivity index (χ3n) is 8.15. The maximum absolute atomic E-state index is 11.2. The number of fused-ring (bicyclic) bond motifs is 2. The van der Waals surface area contributed by atoms with Crippen LogP contribution < -0.4 is 14.2 Å². The molecule has 2 atom stereocenters. The highest BCUT2D eigenvalue weighted by Gasteiger charge is 2.30. The fourth-order valence-corrected chi connectivity index (χ4v) is 6.23. The number of hydrogen-bond donors (Lipinski definition) is 1. The molecular formula is C35H35NO5. The Labute approximate surface area is 240 Å². The maximum Gasteiger partial charge on any atom is 0.304 e. The zero-order chi connectivity index (χ0) is 28.3. The van der Waals surface area contributed by atoms with Crippen LogP contribution in [0.15, 0.2) is 73.1 Å². The van der Waals surface area contributed by atoms with Gasteiger partial charge in [-0.1, -0.05) is 36.4 Å². The fraction of sp³-hybridized carbons (Fsp3) is 0.314. The average molecular weight is 550 g/mol. The van der Waals surface area contributed by atoms with Crippen molar-refractivity contribution in [1.82, 2.24) is 4.98 Å². The summed E-state index contributed by atoms with van der Waals surface area (Å²) in [4.78, 5) is 15.4. The summed E-state index contributed by atoms with van der Waals surface area (Å²) in [6, 6.07) is 21.0. The number of benzene rings is 3. The highest BCUT2D eigenvalue weighted by molar-refractivity contribution is 5.79. The number of carboxylic acid groups (broad SMARTS) is 1. The summed E-state index contributed by atoms with van der Waals surface area (Å²) in [7, 11) is 0. The van der Waals surface area contributed by atoms with E-state index in [0.717, 1.165) is 47.6 Å². The van der Waals surface area contributed by atoms with Gasteiger partial charge in [-0.25, -0.2) is 0 Å². The van der Waals surface area contributed by atoms with Crippen molar-refractivity contribution in [2.45, 2.75) is 51.4 Å². The van der Waals surface area contributed by atoms with Gasteiger partial charge in [-0.05, 0) is 85.2 Å². The van der Waals surface area contributed by atoms with Gasteiger partial charge in [0.1, 0.15) is 17.2 Å². The van der Waals surface area contributed by atoms with Crippen LogP contribution in [0.2, 0.25) is 0 Å². The molecule has 6 heteroatoms. The van der Waals surface area contributed by atoms with Crippen molar-refractivity contribution in [1.29, 1.82) is 0 Å². The van der Waals surface area contributed by atoms with E-state index in [-0.39, 0.29) is 18.3 Å². The van der Waals surface area contributed by atoms with E-state index in [2.05, 4.69) is 67.4 Å². The summed E-state index contributed by atoms with van der Waals surface area (Å²) >= 11 is 0. The number of carbonyl (C=O) groups is 1. The van der Waals surface area contributed by atoms with Gasteiger partial charge in [0, 0.05) is 40.9 Å². The van der Waals surface area contributed by atoms with Crippen LogP contribution in [0.5, 0.6) is 17.2 Å². The Kier molecular flexibility index (Phi) is 7.64. The van der Waals surface area contributed by atoms with Crippen molar-refractivity contribution in [3.05, 3.63) is 106 Å². The predicted octanol–water partition coefficient (Wildman–Crippen LogP) is 7.05. The first-order chi connectivity index (χ1) is 20.0. The van der Waals surface area contributed by atoms with E-state index in [1.807, 2.05) is 18.3 Å². The van der Waals surface area contributed by atoms with E-state index in [4.69, 9.17) is 14.2 Å². The zero-order valence-electron chi connectivity index (χ0n) is 23.6. The van der Waals surface area contributed by atoms with Gasteiger partial charge in [0.15, 0.2) is 0 Å². The van der Waals surface area contributed by atoms with Crippen LogP contribution in [0.25, 0.3) is 11.1 Å². The Bertz CT molecular complexity index is 1540. The second kappa shape index (κ2) is 11.7. The van der Waals surface area contributed by atoms with Crippen molar-refractivity contribution >= 4 is 5.97 Å². The number of para-hydroxylation sites is 1. The number of carboxylic acids is 1. The third kappa shape index (κ3) is 5.78. The normalized spacial score (nSPS) is 16.9. The monoisotopic (exact) mass is 549 g/mol. The maximum atomic E-state index is 11.2. The number of ether oxygens (including phenoxy) is 3. The lowest BCUT2D eigenvalue weighted by molar-refractivity contribution is -0.137. The summed E-state index contributed by atoms with van der Waals surface area (Å²) in [5, 5.41) is 9.19. The second-order valence-corrected chi connectivity index (χ2v) is 11.2. The molecule has 0 bridgehead atoms. The molecule has 41 heavy (non-hydrogen) atoms. The van der Waals surface area contributed by atoms with E-state index in [9.17, 15) is 9.90 Å². The van der Waals surface area contributed by atoms with Crippen molar-refractivity contribution in [3.8, 4) is 28.4 Å². The minimum Gasteiger partial charge on any atom is -0.494 e. The third-order valence-corrected chi connectivity index (χ3v) is 8.15. The Morgan fingerprint density at radius 3 is 2.56 bits per heavy atom. The Morgan fingerprint density at radius 2 is 1.78 bits per heavy atom. The van der Waals surface area contributed by atoms with E-state index in [0.29, 0.717) is 19.8 Å². The summed E-state index contributed by atoms with van der Waals surface area (Å²) in [5.41, 5.74) is 9.26. The molecule has 2 aliphatic heterocycles. The number of nitrogens with zero attached hydrogens (tertiary/aromatic N) is 1. The Balaban J connectivity index is 1.15. The van der Waals surface area contributed by atoms with Crippen molar-refractivity contribution in [2.24, 2.45) is 0 Å². The summed E-state index contributed by atoms with van der Waals surface area (Å²) in [6.45, 7) is 5.99. The topological polar surface area (TPSA) is 77.9 Å². The average Bonchev–Trinajstić information content (AvgIpc) is 3.55. The second-order valence-electron chi connectivity index (χ2n) is 11.2. The number of aromatic nitrogens is 1. The van der Waals surface area contributed by atoms with Crippen LogP contribution in [0.3, 0.4) is 0 Å². The van der Waals surface area contributed by atoms with Crippen molar-refractivity contribution in [3.63, 3.8) is 0 Å². The molecule has 0 saturated heterocycles. The lowest BCUT2D eigenvalue weighted by Gasteiger charge is -2.16. The first kappa shape index (κ1) is 26.9. The summed E-state index contributed by atoms with van der Waals surface area (Å²) < 4.78 is 18.3. The quantitative estimate of drug-likeness (QED) is 0.214. The highest BCUT2D eigenvalue weighted by Crippen LogP contribution is 2.46. The molecular weight excluding hydrogens is 514 g/mol. The van der Waals surface area contributed by atoms with Gasteiger partial charge in [0.05, 0.1) is 26.2 Å². The van der Waals surface area contributed by atoms with Crippen molar-refractivity contribution in [2.75, 3.05) is 19.8 Å². The van der Waals surface area contributed by atoms with E-state index in [1.165, 1.54) is 33.4 Å². The fourth-order valence-electron chi connectivity index (χ4n) is 6.23. The molecule has 6 nitrogen and oxygen atoms in total. The van der Waals surface area contributed by atoms with Gasteiger partial charge in [-0.15, -0.1) is 0 Å². The molecule has 1 N–H and O–H groups in total. The lowest BCUT2D eigenvalue weighted by atomic mass is 9.88. The molecule has 0 saturated carbocycles. The van der Waals surface area contributed by atoms with Crippen LogP contribution in [0, 0.1) is 13.8 Å². The minimum atomic E-state index is -0.796. The molecule has 0 unspecified atom stereocenters. The standard InChI is InChI=1S/C35H35NO5/c1-22-14-28(39-13-5-7-24-6-4-12-36-19-24)15-23(2)34(22)31-9-3-8-30-26(21-41-35(30)31)16-25-10-11-29-27(18-33(37)38)20-40-32(29)17-25/h3-4,6,8-12,14-15,17,19,26-27H,5,7,13,16,18,20-21H2,1-2H3,(H,37,38)/t26-,27-/m1/s1. The first-order valence-electron chi connectivity index (χ1n) is 14.3. The Morgan fingerprint density at radius 1 is 0.951 bits per heavy atom. The van der Waals surface area contributed by atoms with Crippen LogP contribution >= 0.6 is 0 Å². The molecule has 6 rings (SSSR count). The molecule has 0 radical (unpaired) electrons. The molecule has 4 aromatic rings. The van der Waals surface area contributed by atoms with Gasteiger partial charge in [-0.2, -0.15) is 0 Å². The number of aliphatic carboxylic acids is 1. The predicted molar refractivity (Wildman–Crippen MR) is 158 cm³/mol. The first-order valence-corrected chi connectivity index (χ1v) is 14.3. The van der Waals surface area contributed by atoms with Gasteiger partial charge >= 0.3 is 5.97 Å². The SMILES string of the molecule is Cc1cc(OCCCc2cccnc2)cc(C)c1-c1cccc2c1OC[C@H]2Cc1ccc2c(c1)OC[C@H]2CC(=O)O. The van der Waals surface area contributed by atoms with E-state index >= 15 is 0 Å². The smallest absolute Gasteiger partial charge is 0.304 e. The van der Waals surface area contributed by atoms with E-state index in [1.54, 1.807) is 6.20 Å². The molecule has 0 amide bonds. The lowest BCUT2D eigenvalue weighted by Crippen LogP contribution is -2.07. The van der Waals surface area contributed by atoms with Crippen molar-refractivity contribution < 1.29 is 24.1 Å². The van der Waals surface area contributed by atoms with Gasteiger partial charge in [0.2, 0.25) is 0 Å². The number of rotatable bonds is 10. The Hall–Kier alpha value is -4.32. The zero-order valence-corrected chi connectivity index (χ0v) is 23.6. The van der Waals surface area contributed by atoms with Gasteiger partial charge in [0.25, 0.3) is 0 Å². The minimum absolute atomic E-state index is 0.0789. The summed E-state index contributed by atoms with van der Waals surface area (Å²) in [5.74, 6) is 2.04. The highest BCUT2D eigenvalue weighted by atomic mass is 16.5. The molecule has 0 aliphatic carbocycles. The van der Waals surface area contributed by atoms with Crippen LogP contribution in [0.1, 0.15) is 58.1 Å². The number of pyridine rings is 1. The molecule has 210 valence electrons. The molecule has 0 fully saturated rings. The number of aryl methyl sites for hydroxylation is 3. The largest absolute Gasteiger partial charge is 0.494 e. The number of hydrogen-bond acceptors (Lipinski definition) is 5. The van der Waals surface area contributed by atoms with Gasteiger partial charge < -0.3 is 19.3 Å². The molecule has 1 aromatic heterocycles. The van der Waals surface area contributed by atoms with Crippen LogP contribution in [-0.4, -0.2) is 35.9 Å². The van der Waals surface area contributed by atoms with Crippen LogP contribution in [-0.2, 0) is 17.6 Å². The molecule has 3 aromatic carbocycles. The van der Waals surface area contributed by atoms with Gasteiger partial charge in [-0.3, -0.25) is 9.78 Å². The van der Waals surface area contributed by atoms with E-state index < -0.39 is 5.97 Å². The molecule has 3 heterocycles. The van der Waals surface area contributed by atoms with Crippen LogP contribution in [0.4, 0.5) is 0 Å².